The highest BCUT2D eigenvalue weighted by Crippen LogP contribution is 2.22. The third kappa shape index (κ3) is 2.02. The summed E-state index contributed by atoms with van der Waals surface area (Å²) in [6.07, 6.45) is 1.63. The van der Waals surface area contributed by atoms with E-state index in [0.717, 1.165) is 10.9 Å². The van der Waals surface area contributed by atoms with Crippen LogP contribution in [0.15, 0.2) is 18.3 Å². The molecule has 4 nitrogen and oxygen atoms in total. The molecule has 2 rings (SSSR count). The van der Waals surface area contributed by atoms with Crippen molar-refractivity contribution < 1.29 is 4.79 Å². The van der Waals surface area contributed by atoms with Crippen LogP contribution in [0.5, 0.6) is 0 Å². The fraction of sp³-hybridized carbons (Fsp3) is 0.273. The predicted molar refractivity (Wildman–Crippen MR) is 63.7 cm³/mol. The molecule has 2 N–H and O–H groups in total. The number of amides is 1. The van der Waals surface area contributed by atoms with Gasteiger partial charge in [0, 0.05) is 16.5 Å². The zero-order valence-electron chi connectivity index (χ0n) is 9.04. The fourth-order valence-corrected chi connectivity index (χ4v) is 1.76. The average Bonchev–Trinajstić information content (AvgIpc) is 2.62. The number of carbonyl (C=O) groups excluding carboxylic acids is 1. The van der Waals surface area contributed by atoms with Crippen LogP contribution in [0.1, 0.15) is 24.2 Å². The first-order chi connectivity index (χ1) is 7.58. The van der Waals surface area contributed by atoms with Crippen LogP contribution < -0.4 is 5.32 Å². The first kappa shape index (κ1) is 11.0. The van der Waals surface area contributed by atoms with E-state index in [9.17, 15) is 4.79 Å². The van der Waals surface area contributed by atoms with Gasteiger partial charge in [-0.2, -0.15) is 5.10 Å². The third-order valence-corrected chi connectivity index (χ3v) is 2.41. The molecular formula is C11H12ClN3O. The molecule has 0 spiro atoms. The second-order valence-corrected chi connectivity index (χ2v) is 4.35. The minimum absolute atomic E-state index is 0.0911. The Kier molecular flexibility index (Phi) is 2.83. The molecule has 1 aromatic carbocycles. The van der Waals surface area contributed by atoms with Crippen molar-refractivity contribution in [3.05, 3.63) is 28.9 Å². The lowest BCUT2D eigenvalue weighted by atomic mass is 10.1. The number of hydrogen-bond acceptors (Lipinski definition) is 2. The van der Waals surface area contributed by atoms with Gasteiger partial charge in [-0.15, -0.1) is 0 Å². The SMILES string of the molecule is CC(C)NC(=O)c1cc(Cl)cc2[nH]ncc12. The summed E-state index contributed by atoms with van der Waals surface area (Å²) in [4.78, 5) is 11.9. The normalized spacial score (nSPS) is 11.0. The summed E-state index contributed by atoms with van der Waals surface area (Å²) in [6.45, 7) is 3.82. The van der Waals surface area contributed by atoms with Crippen LogP contribution in [0.25, 0.3) is 10.9 Å². The lowest BCUT2D eigenvalue weighted by molar-refractivity contribution is 0.0945. The van der Waals surface area contributed by atoms with Crippen molar-refractivity contribution in [1.29, 1.82) is 0 Å². The van der Waals surface area contributed by atoms with E-state index in [2.05, 4.69) is 15.5 Å². The lowest BCUT2D eigenvalue weighted by Gasteiger charge is -2.09. The number of aromatic amines is 1. The van der Waals surface area contributed by atoms with Gasteiger partial charge in [0.1, 0.15) is 0 Å². The first-order valence-corrected chi connectivity index (χ1v) is 5.39. The van der Waals surface area contributed by atoms with E-state index in [1.54, 1.807) is 18.3 Å². The Balaban J connectivity index is 2.50. The number of nitrogens with one attached hydrogen (secondary N) is 2. The zero-order valence-corrected chi connectivity index (χ0v) is 9.80. The predicted octanol–water partition coefficient (Wildman–Crippen LogP) is 2.35. The summed E-state index contributed by atoms with van der Waals surface area (Å²) in [7, 11) is 0. The summed E-state index contributed by atoms with van der Waals surface area (Å²) in [5, 5.41) is 10.8. The quantitative estimate of drug-likeness (QED) is 0.843. The minimum Gasteiger partial charge on any atom is -0.350 e. The van der Waals surface area contributed by atoms with E-state index in [4.69, 9.17) is 11.6 Å². The molecular weight excluding hydrogens is 226 g/mol. The Bertz CT molecular complexity index is 533. The van der Waals surface area contributed by atoms with Crippen molar-refractivity contribution in [2.75, 3.05) is 0 Å². The maximum absolute atomic E-state index is 11.9. The smallest absolute Gasteiger partial charge is 0.252 e. The van der Waals surface area contributed by atoms with Crippen LogP contribution in [-0.4, -0.2) is 22.1 Å². The molecule has 5 heteroatoms. The van der Waals surface area contributed by atoms with Gasteiger partial charge < -0.3 is 5.32 Å². The molecule has 16 heavy (non-hydrogen) atoms. The van der Waals surface area contributed by atoms with Crippen molar-refractivity contribution in [2.45, 2.75) is 19.9 Å². The molecule has 0 aliphatic rings. The van der Waals surface area contributed by atoms with Crippen molar-refractivity contribution in [2.24, 2.45) is 0 Å². The monoisotopic (exact) mass is 237 g/mol. The molecule has 0 fully saturated rings. The highest BCUT2D eigenvalue weighted by atomic mass is 35.5. The maximum Gasteiger partial charge on any atom is 0.252 e. The minimum atomic E-state index is -0.135. The number of rotatable bonds is 2. The van der Waals surface area contributed by atoms with E-state index < -0.39 is 0 Å². The van der Waals surface area contributed by atoms with E-state index in [0.29, 0.717) is 10.6 Å². The number of halogens is 1. The number of benzene rings is 1. The van der Waals surface area contributed by atoms with Gasteiger partial charge in [-0.25, -0.2) is 0 Å². The third-order valence-electron chi connectivity index (χ3n) is 2.19. The molecule has 0 saturated carbocycles. The van der Waals surface area contributed by atoms with Crippen LogP contribution in [0.3, 0.4) is 0 Å². The van der Waals surface area contributed by atoms with Gasteiger partial charge in [-0.05, 0) is 26.0 Å². The molecule has 1 amide bonds. The first-order valence-electron chi connectivity index (χ1n) is 5.01. The standard InChI is InChI=1S/C11H12ClN3O/c1-6(2)14-11(16)8-3-7(12)4-10-9(8)5-13-15-10/h3-6H,1-2H3,(H,13,15)(H,14,16). The molecule has 2 aromatic rings. The van der Waals surface area contributed by atoms with E-state index in [1.165, 1.54) is 0 Å². The Morgan fingerprint density at radius 3 is 2.94 bits per heavy atom. The Labute approximate surface area is 98.0 Å². The summed E-state index contributed by atoms with van der Waals surface area (Å²) < 4.78 is 0. The molecule has 1 heterocycles. The molecule has 0 atom stereocenters. The Morgan fingerprint density at radius 2 is 2.25 bits per heavy atom. The topological polar surface area (TPSA) is 57.8 Å². The summed E-state index contributed by atoms with van der Waals surface area (Å²) in [5.74, 6) is -0.135. The molecule has 0 aliphatic heterocycles. The fourth-order valence-electron chi connectivity index (χ4n) is 1.54. The van der Waals surface area contributed by atoms with Gasteiger partial charge in [-0.3, -0.25) is 9.89 Å². The number of carbonyl (C=O) groups is 1. The van der Waals surface area contributed by atoms with Crippen molar-refractivity contribution in [3.63, 3.8) is 0 Å². The van der Waals surface area contributed by atoms with E-state index in [-0.39, 0.29) is 11.9 Å². The molecule has 0 radical (unpaired) electrons. The summed E-state index contributed by atoms with van der Waals surface area (Å²) in [5.41, 5.74) is 1.31. The van der Waals surface area contributed by atoms with Crippen LogP contribution in [0, 0.1) is 0 Å². The van der Waals surface area contributed by atoms with Crippen LogP contribution in [-0.2, 0) is 0 Å². The van der Waals surface area contributed by atoms with Crippen molar-refractivity contribution in [3.8, 4) is 0 Å². The molecule has 0 aliphatic carbocycles. The number of fused-ring (bicyclic) bond motifs is 1. The highest BCUT2D eigenvalue weighted by Gasteiger charge is 2.13. The van der Waals surface area contributed by atoms with Gasteiger partial charge in [-0.1, -0.05) is 11.6 Å². The van der Waals surface area contributed by atoms with Gasteiger partial charge in [0.05, 0.1) is 17.3 Å². The number of hydrogen-bond donors (Lipinski definition) is 2. The van der Waals surface area contributed by atoms with E-state index >= 15 is 0 Å². The number of H-pyrrole nitrogens is 1. The van der Waals surface area contributed by atoms with Gasteiger partial charge in [0.2, 0.25) is 0 Å². The maximum atomic E-state index is 11.9. The molecule has 1 aromatic heterocycles. The average molecular weight is 238 g/mol. The number of aromatic nitrogens is 2. The number of nitrogens with zero attached hydrogens (tertiary/aromatic N) is 1. The molecule has 0 unspecified atom stereocenters. The molecule has 0 saturated heterocycles. The van der Waals surface area contributed by atoms with Gasteiger partial charge in [0.15, 0.2) is 0 Å². The summed E-state index contributed by atoms with van der Waals surface area (Å²) in [6, 6.07) is 3.49. The molecule has 0 bridgehead atoms. The highest BCUT2D eigenvalue weighted by molar-refractivity contribution is 6.32. The Hall–Kier alpha value is -1.55. The zero-order chi connectivity index (χ0) is 11.7. The largest absolute Gasteiger partial charge is 0.350 e. The van der Waals surface area contributed by atoms with Crippen LogP contribution >= 0.6 is 11.6 Å². The Morgan fingerprint density at radius 1 is 1.50 bits per heavy atom. The van der Waals surface area contributed by atoms with Crippen molar-refractivity contribution >= 4 is 28.4 Å². The van der Waals surface area contributed by atoms with Crippen molar-refractivity contribution in [1.82, 2.24) is 15.5 Å². The lowest BCUT2D eigenvalue weighted by Crippen LogP contribution is -2.30. The summed E-state index contributed by atoms with van der Waals surface area (Å²) >= 11 is 5.93. The molecule has 84 valence electrons. The second-order valence-electron chi connectivity index (χ2n) is 3.91. The van der Waals surface area contributed by atoms with Gasteiger partial charge in [0.25, 0.3) is 5.91 Å². The van der Waals surface area contributed by atoms with Crippen LogP contribution in [0.4, 0.5) is 0 Å². The van der Waals surface area contributed by atoms with Crippen LogP contribution in [0.2, 0.25) is 5.02 Å². The second kappa shape index (κ2) is 4.14. The van der Waals surface area contributed by atoms with Gasteiger partial charge >= 0.3 is 0 Å². The van der Waals surface area contributed by atoms with E-state index in [1.807, 2.05) is 13.8 Å².